The van der Waals surface area contributed by atoms with E-state index in [2.05, 4.69) is 72.3 Å². The van der Waals surface area contributed by atoms with Crippen LogP contribution in [0.3, 0.4) is 0 Å². The number of esters is 2. The van der Waals surface area contributed by atoms with Gasteiger partial charge in [-0.05, 0) is 122 Å². The number of unbranched alkanes of at least 4 members (excludes halogenated alkanes) is 18. The molecule has 0 aromatic rings. The molecule has 6 nitrogen and oxygen atoms in total. The maximum Gasteiger partial charge on any atom is 0.307 e. The van der Waals surface area contributed by atoms with Crippen molar-refractivity contribution in [3.05, 3.63) is 48.6 Å². The molecule has 0 amide bonds. The van der Waals surface area contributed by atoms with Gasteiger partial charge in [-0.25, -0.2) is 0 Å². The minimum absolute atomic E-state index is 0.118. The molecule has 0 aliphatic carbocycles. The zero-order valence-electron chi connectivity index (χ0n) is 36.3. The molecule has 0 atom stereocenters. The summed E-state index contributed by atoms with van der Waals surface area (Å²) in [6, 6.07) is 0. The van der Waals surface area contributed by atoms with Gasteiger partial charge in [0.2, 0.25) is 0 Å². The van der Waals surface area contributed by atoms with Crippen LogP contribution in [0.5, 0.6) is 0 Å². The van der Waals surface area contributed by atoms with Crippen molar-refractivity contribution in [1.82, 2.24) is 9.80 Å². The summed E-state index contributed by atoms with van der Waals surface area (Å²) in [4.78, 5) is 29.9. The van der Waals surface area contributed by atoms with E-state index in [-0.39, 0.29) is 11.9 Å². The molecule has 318 valence electrons. The van der Waals surface area contributed by atoms with Gasteiger partial charge in [0.15, 0.2) is 0 Å². The van der Waals surface area contributed by atoms with Crippen LogP contribution in [0.25, 0.3) is 0 Å². The monoisotopic (exact) mass is 769 g/mol. The fraction of sp³-hybridized carbons (Fsp3) is 0.796. The van der Waals surface area contributed by atoms with Gasteiger partial charge >= 0.3 is 11.9 Å². The predicted molar refractivity (Wildman–Crippen MR) is 237 cm³/mol. The average molecular weight is 769 g/mol. The zero-order valence-corrected chi connectivity index (χ0v) is 36.3. The molecule has 0 N–H and O–H groups in total. The normalized spacial score (nSPS) is 13.9. The third-order valence-electron chi connectivity index (χ3n) is 10.6. The van der Waals surface area contributed by atoms with Gasteiger partial charge in [0.05, 0.1) is 26.1 Å². The lowest BCUT2D eigenvalue weighted by atomic mass is 10.1. The Labute approximate surface area is 341 Å². The van der Waals surface area contributed by atoms with Crippen LogP contribution in [0.1, 0.15) is 200 Å². The molecule has 1 heterocycles. The number of ether oxygens (including phenoxy) is 2. The minimum atomic E-state index is -0.118. The van der Waals surface area contributed by atoms with Crippen LogP contribution in [-0.2, 0) is 19.1 Å². The summed E-state index contributed by atoms with van der Waals surface area (Å²) in [5, 5.41) is 0. The zero-order chi connectivity index (χ0) is 39.5. The number of likely N-dealkylation sites (tertiary alicyclic amines) is 1. The maximum atomic E-state index is 12.5. The van der Waals surface area contributed by atoms with Crippen molar-refractivity contribution in [2.24, 2.45) is 0 Å². The molecule has 0 aromatic heterocycles. The van der Waals surface area contributed by atoms with Gasteiger partial charge in [-0.15, -0.1) is 0 Å². The van der Waals surface area contributed by atoms with E-state index in [0.29, 0.717) is 39.1 Å². The van der Waals surface area contributed by atoms with Gasteiger partial charge < -0.3 is 19.3 Å². The Morgan fingerprint density at radius 2 is 0.855 bits per heavy atom. The first-order valence-corrected chi connectivity index (χ1v) is 23.5. The summed E-state index contributed by atoms with van der Waals surface area (Å²) < 4.78 is 11.2. The lowest BCUT2D eigenvalue weighted by Gasteiger charge is -2.23. The smallest absolute Gasteiger partial charge is 0.307 e. The van der Waals surface area contributed by atoms with Crippen LogP contribution >= 0.6 is 0 Å². The molecule has 0 aromatic carbocycles. The third-order valence-corrected chi connectivity index (χ3v) is 10.6. The molecule has 55 heavy (non-hydrogen) atoms. The molecule has 0 spiro atoms. The van der Waals surface area contributed by atoms with E-state index in [9.17, 15) is 9.59 Å². The largest absolute Gasteiger partial charge is 0.466 e. The molecular formula is C49H88N2O4. The molecule has 1 rings (SSSR count). The van der Waals surface area contributed by atoms with E-state index in [0.717, 1.165) is 58.0 Å². The van der Waals surface area contributed by atoms with Crippen molar-refractivity contribution in [3.8, 4) is 0 Å². The Hall–Kier alpha value is -2.18. The van der Waals surface area contributed by atoms with E-state index >= 15 is 0 Å². The third kappa shape index (κ3) is 37.2. The van der Waals surface area contributed by atoms with E-state index in [1.54, 1.807) is 0 Å². The molecule has 1 saturated heterocycles. The van der Waals surface area contributed by atoms with Crippen LogP contribution in [0.15, 0.2) is 48.6 Å². The number of nitrogens with zero attached hydrogens (tertiary/aromatic N) is 2. The summed E-state index contributed by atoms with van der Waals surface area (Å²) in [6.07, 6.45) is 51.8. The molecule has 1 aliphatic rings. The predicted octanol–water partition coefficient (Wildman–Crippen LogP) is 13.3. The van der Waals surface area contributed by atoms with Crippen molar-refractivity contribution < 1.29 is 19.1 Å². The van der Waals surface area contributed by atoms with E-state index < -0.39 is 0 Å². The van der Waals surface area contributed by atoms with Gasteiger partial charge in [0.1, 0.15) is 0 Å². The van der Waals surface area contributed by atoms with Crippen molar-refractivity contribution in [2.75, 3.05) is 52.5 Å². The second-order valence-electron chi connectivity index (χ2n) is 15.9. The summed E-state index contributed by atoms with van der Waals surface area (Å²) in [7, 11) is 0. The highest BCUT2D eigenvalue weighted by molar-refractivity contribution is 5.70. The fourth-order valence-corrected chi connectivity index (χ4v) is 7.06. The maximum absolute atomic E-state index is 12.5. The van der Waals surface area contributed by atoms with Crippen molar-refractivity contribution in [3.63, 3.8) is 0 Å². The molecule has 6 heteroatoms. The average Bonchev–Trinajstić information content (AvgIpc) is 3.71. The second kappa shape index (κ2) is 41.5. The van der Waals surface area contributed by atoms with E-state index in [4.69, 9.17) is 9.47 Å². The number of hydrogen-bond acceptors (Lipinski definition) is 6. The molecule has 1 aliphatic heterocycles. The Bertz CT molecular complexity index is 902. The van der Waals surface area contributed by atoms with E-state index in [1.807, 2.05) is 0 Å². The highest BCUT2D eigenvalue weighted by atomic mass is 16.5. The van der Waals surface area contributed by atoms with Gasteiger partial charge in [0, 0.05) is 13.1 Å². The molecule has 1 fully saturated rings. The Kier molecular flexibility index (Phi) is 38.3. The van der Waals surface area contributed by atoms with E-state index in [1.165, 1.54) is 142 Å². The number of carbonyl (C=O) groups is 2. The summed E-state index contributed by atoms with van der Waals surface area (Å²) in [5.41, 5.74) is 0. The fourth-order valence-electron chi connectivity index (χ4n) is 7.06. The quantitative estimate of drug-likeness (QED) is 0.0351. The highest BCUT2D eigenvalue weighted by Gasteiger charge is 2.15. The van der Waals surface area contributed by atoms with Crippen molar-refractivity contribution in [2.45, 2.75) is 200 Å². The molecule has 0 unspecified atom stereocenters. The summed E-state index contributed by atoms with van der Waals surface area (Å²) >= 11 is 0. The van der Waals surface area contributed by atoms with Gasteiger partial charge in [-0.2, -0.15) is 0 Å². The van der Waals surface area contributed by atoms with Crippen LogP contribution in [0, 0.1) is 0 Å². The van der Waals surface area contributed by atoms with Crippen molar-refractivity contribution in [1.29, 1.82) is 0 Å². The minimum Gasteiger partial charge on any atom is -0.466 e. The number of carbonyl (C=O) groups excluding carboxylic acids is 2. The van der Waals surface area contributed by atoms with Crippen molar-refractivity contribution >= 4 is 11.9 Å². The first kappa shape index (κ1) is 50.8. The van der Waals surface area contributed by atoms with Gasteiger partial charge in [-0.1, -0.05) is 140 Å². The second-order valence-corrected chi connectivity index (χ2v) is 15.9. The lowest BCUT2D eigenvalue weighted by Crippen LogP contribution is -2.33. The van der Waals surface area contributed by atoms with Gasteiger partial charge in [0.25, 0.3) is 0 Å². The first-order chi connectivity index (χ1) is 27.2. The first-order valence-electron chi connectivity index (χ1n) is 23.5. The topological polar surface area (TPSA) is 59.1 Å². The molecule has 0 bridgehead atoms. The van der Waals surface area contributed by atoms with Gasteiger partial charge in [-0.3, -0.25) is 9.59 Å². The van der Waals surface area contributed by atoms with Crippen LogP contribution in [0.4, 0.5) is 0 Å². The SMILES string of the molecule is CCCCC/C=C\C/C=C\CCCCCCCCOC(=O)CCN(CCCN1CCCC1)CCC(=O)OCCCCCCCC/C=C\C/C=C\CCCCC. The Morgan fingerprint density at radius 3 is 1.27 bits per heavy atom. The number of hydrogen-bond donors (Lipinski definition) is 0. The Balaban J connectivity index is 2.09. The van der Waals surface area contributed by atoms with Crippen LogP contribution < -0.4 is 0 Å². The molecule has 0 saturated carbocycles. The summed E-state index contributed by atoms with van der Waals surface area (Å²) in [5.74, 6) is -0.237. The standard InChI is InChI=1S/C49H88N2O4/c1-3-5-7-9-11-13-15-17-19-21-23-25-27-29-31-35-46-54-48(52)38-44-51(43-37-42-50-40-33-34-41-50)45-39-49(53)55-47-36-32-30-28-26-24-22-20-18-16-14-12-10-8-6-4-2/h11-14,17-20H,3-10,15-16,21-47H2,1-2H3/b13-11-,14-12-,19-17-,20-18-. The molecule has 0 radical (unpaired) electrons. The van der Waals surface area contributed by atoms with Crippen LogP contribution in [0.2, 0.25) is 0 Å². The number of rotatable bonds is 40. The molecular weight excluding hydrogens is 681 g/mol. The highest BCUT2D eigenvalue weighted by Crippen LogP contribution is 2.12. The lowest BCUT2D eigenvalue weighted by molar-refractivity contribution is -0.144. The number of allylic oxidation sites excluding steroid dienone is 8. The van der Waals surface area contributed by atoms with Crippen LogP contribution in [-0.4, -0.2) is 74.2 Å². The Morgan fingerprint density at radius 1 is 0.473 bits per heavy atom. The summed E-state index contributed by atoms with van der Waals surface area (Å²) in [6.45, 7) is 11.2.